The standard InChI is InChI=1S/C19H20FN3O4/c1-3-8(2)13-18(25)22-15-14(21-13)12(20)6-10-16(15)23(9-4-5-9)7-11(17(10)24)19(26)27/h6-9,13,21H,3-5H2,1-2H3,(H,22,25)(H,26,27). The third-order valence-corrected chi connectivity index (χ3v) is 5.48. The summed E-state index contributed by atoms with van der Waals surface area (Å²) < 4.78 is 16.5. The summed E-state index contributed by atoms with van der Waals surface area (Å²) in [5.74, 6) is -2.34. The summed E-state index contributed by atoms with van der Waals surface area (Å²) in [7, 11) is 0. The third kappa shape index (κ3) is 2.67. The lowest BCUT2D eigenvalue weighted by molar-refractivity contribution is -0.118. The van der Waals surface area contributed by atoms with Crippen LogP contribution in [-0.2, 0) is 4.79 Å². The maximum Gasteiger partial charge on any atom is 0.341 e. The smallest absolute Gasteiger partial charge is 0.341 e. The number of aromatic nitrogens is 1. The van der Waals surface area contributed by atoms with Crippen molar-refractivity contribution >= 4 is 34.2 Å². The molecule has 8 heteroatoms. The number of halogens is 1. The fourth-order valence-corrected chi connectivity index (χ4v) is 3.60. The number of carboxylic acids is 1. The SMILES string of the molecule is CCC(C)C1Nc2c(F)cc3c(=O)c(C(=O)O)cn(C4CC4)c3c2NC1=O. The molecule has 1 aliphatic carbocycles. The van der Waals surface area contributed by atoms with Gasteiger partial charge in [-0.2, -0.15) is 0 Å². The monoisotopic (exact) mass is 373 g/mol. The Morgan fingerprint density at radius 3 is 2.67 bits per heavy atom. The molecule has 2 aliphatic rings. The molecule has 2 unspecified atom stereocenters. The molecule has 0 bridgehead atoms. The van der Waals surface area contributed by atoms with Gasteiger partial charge in [-0.1, -0.05) is 20.3 Å². The van der Waals surface area contributed by atoms with E-state index in [9.17, 15) is 23.9 Å². The van der Waals surface area contributed by atoms with E-state index in [-0.39, 0.29) is 34.6 Å². The largest absolute Gasteiger partial charge is 0.477 e. The van der Waals surface area contributed by atoms with Crippen molar-refractivity contribution in [2.24, 2.45) is 5.92 Å². The fraction of sp³-hybridized carbons (Fsp3) is 0.421. The maximum atomic E-state index is 14.8. The Morgan fingerprint density at radius 2 is 2.07 bits per heavy atom. The second-order valence-corrected chi connectivity index (χ2v) is 7.32. The Labute approximate surface area is 154 Å². The number of nitrogens with zero attached hydrogens (tertiary/aromatic N) is 1. The topological polar surface area (TPSA) is 100 Å². The van der Waals surface area contributed by atoms with E-state index in [1.54, 1.807) is 4.57 Å². The van der Waals surface area contributed by atoms with Crippen LogP contribution >= 0.6 is 0 Å². The highest BCUT2D eigenvalue weighted by molar-refractivity contribution is 6.12. The minimum Gasteiger partial charge on any atom is -0.477 e. The number of aromatic carboxylic acids is 1. The van der Waals surface area contributed by atoms with Crippen LogP contribution in [0.5, 0.6) is 0 Å². The van der Waals surface area contributed by atoms with Gasteiger partial charge in [0.2, 0.25) is 11.3 Å². The molecule has 2 heterocycles. The number of fused-ring (bicyclic) bond motifs is 3. The van der Waals surface area contributed by atoms with Gasteiger partial charge in [-0.3, -0.25) is 9.59 Å². The lowest BCUT2D eigenvalue weighted by atomic mass is 9.95. The van der Waals surface area contributed by atoms with Gasteiger partial charge in [0.05, 0.1) is 22.3 Å². The number of carboxylic acid groups (broad SMARTS) is 1. The molecule has 1 aromatic heterocycles. The van der Waals surface area contributed by atoms with Gasteiger partial charge < -0.3 is 20.3 Å². The summed E-state index contributed by atoms with van der Waals surface area (Å²) in [4.78, 5) is 36.6. The Kier molecular flexibility index (Phi) is 3.94. The maximum absolute atomic E-state index is 14.8. The van der Waals surface area contributed by atoms with Crippen molar-refractivity contribution in [3.05, 3.63) is 33.9 Å². The number of hydrogen-bond donors (Lipinski definition) is 3. The number of anilines is 2. The molecule has 3 N–H and O–H groups in total. The first-order valence-corrected chi connectivity index (χ1v) is 9.05. The molecule has 2 atom stereocenters. The van der Waals surface area contributed by atoms with Crippen molar-refractivity contribution in [3.63, 3.8) is 0 Å². The van der Waals surface area contributed by atoms with E-state index in [1.165, 1.54) is 6.20 Å². The summed E-state index contributed by atoms with van der Waals surface area (Å²) in [5.41, 5.74) is -0.442. The van der Waals surface area contributed by atoms with Crippen LogP contribution in [-0.4, -0.2) is 27.6 Å². The number of carbonyl (C=O) groups is 2. The van der Waals surface area contributed by atoms with E-state index in [0.29, 0.717) is 5.52 Å². The van der Waals surface area contributed by atoms with Crippen molar-refractivity contribution < 1.29 is 19.1 Å². The molecule has 1 saturated carbocycles. The molecular formula is C19H20FN3O4. The van der Waals surface area contributed by atoms with E-state index in [0.717, 1.165) is 25.3 Å². The third-order valence-electron chi connectivity index (χ3n) is 5.48. The highest BCUT2D eigenvalue weighted by Gasteiger charge is 2.35. The molecule has 142 valence electrons. The van der Waals surface area contributed by atoms with Gasteiger partial charge in [0, 0.05) is 12.2 Å². The molecule has 7 nitrogen and oxygen atoms in total. The molecule has 1 amide bonds. The number of rotatable bonds is 4. The Morgan fingerprint density at radius 1 is 1.37 bits per heavy atom. The number of carbonyl (C=O) groups excluding carboxylic acids is 1. The van der Waals surface area contributed by atoms with Crippen LogP contribution in [0, 0.1) is 11.7 Å². The van der Waals surface area contributed by atoms with Crippen molar-refractivity contribution in [2.45, 2.75) is 45.2 Å². The molecule has 1 aromatic carbocycles. The van der Waals surface area contributed by atoms with Gasteiger partial charge in [0.25, 0.3) is 0 Å². The van der Waals surface area contributed by atoms with E-state index in [2.05, 4.69) is 10.6 Å². The normalized spacial score (nSPS) is 20.0. The van der Waals surface area contributed by atoms with Crippen LogP contribution in [0.1, 0.15) is 49.5 Å². The molecule has 0 saturated heterocycles. The Balaban J connectivity index is 2.01. The van der Waals surface area contributed by atoms with Gasteiger partial charge in [-0.15, -0.1) is 0 Å². The zero-order valence-electron chi connectivity index (χ0n) is 15.0. The van der Waals surface area contributed by atoms with Crippen molar-refractivity contribution in [2.75, 3.05) is 10.6 Å². The van der Waals surface area contributed by atoms with Gasteiger partial charge in [-0.25, -0.2) is 9.18 Å². The predicted octanol–water partition coefficient (Wildman–Crippen LogP) is 2.95. The van der Waals surface area contributed by atoms with E-state index in [4.69, 9.17) is 0 Å². The zero-order chi connectivity index (χ0) is 19.5. The first-order valence-electron chi connectivity index (χ1n) is 9.05. The molecular weight excluding hydrogens is 353 g/mol. The van der Waals surface area contributed by atoms with E-state index in [1.807, 2.05) is 13.8 Å². The lowest BCUT2D eigenvalue weighted by Crippen LogP contribution is -2.43. The minimum atomic E-state index is -1.35. The molecule has 4 rings (SSSR count). The number of amides is 1. The second kappa shape index (κ2) is 6.07. The van der Waals surface area contributed by atoms with Crippen LogP contribution < -0.4 is 16.1 Å². The summed E-state index contributed by atoms with van der Waals surface area (Å²) >= 11 is 0. The summed E-state index contributed by atoms with van der Waals surface area (Å²) in [6, 6.07) is 0.527. The first-order chi connectivity index (χ1) is 12.8. The molecule has 0 radical (unpaired) electrons. The van der Waals surface area contributed by atoms with Crippen LogP contribution in [0.3, 0.4) is 0 Å². The van der Waals surface area contributed by atoms with Gasteiger partial charge in [0.1, 0.15) is 17.4 Å². The number of benzene rings is 1. The van der Waals surface area contributed by atoms with Crippen LogP contribution in [0.4, 0.5) is 15.8 Å². The number of nitrogens with one attached hydrogen (secondary N) is 2. The van der Waals surface area contributed by atoms with Gasteiger partial charge in [-0.05, 0) is 24.8 Å². The van der Waals surface area contributed by atoms with Gasteiger partial charge in [0.15, 0.2) is 0 Å². The first kappa shape index (κ1) is 17.5. The van der Waals surface area contributed by atoms with Crippen molar-refractivity contribution in [1.82, 2.24) is 4.57 Å². The van der Waals surface area contributed by atoms with Crippen LogP contribution in [0.15, 0.2) is 17.1 Å². The zero-order valence-corrected chi connectivity index (χ0v) is 15.0. The highest BCUT2D eigenvalue weighted by Crippen LogP contribution is 2.43. The molecule has 2 aromatic rings. The van der Waals surface area contributed by atoms with E-state index < -0.39 is 28.8 Å². The molecule has 0 spiro atoms. The molecule has 1 aliphatic heterocycles. The summed E-state index contributed by atoms with van der Waals surface area (Å²) in [6.07, 6.45) is 3.71. The van der Waals surface area contributed by atoms with Crippen molar-refractivity contribution in [1.29, 1.82) is 0 Å². The Hall–Kier alpha value is -2.90. The minimum absolute atomic E-state index is 0.00624. The van der Waals surface area contributed by atoms with Crippen molar-refractivity contribution in [3.8, 4) is 0 Å². The Bertz CT molecular complexity index is 1040. The molecule has 1 fully saturated rings. The summed E-state index contributed by atoms with van der Waals surface area (Å²) in [6.45, 7) is 3.85. The lowest BCUT2D eigenvalue weighted by Gasteiger charge is -2.32. The molecule has 27 heavy (non-hydrogen) atoms. The summed E-state index contributed by atoms with van der Waals surface area (Å²) in [5, 5.41) is 15.0. The predicted molar refractivity (Wildman–Crippen MR) is 98.9 cm³/mol. The number of hydrogen-bond acceptors (Lipinski definition) is 4. The van der Waals surface area contributed by atoms with Gasteiger partial charge >= 0.3 is 5.97 Å². The quantitative estimate of drug-likeness (QED) is 0.765. The highest BCUT2D eigenvalue weighted by atomic mass is 19.1. The fourth-order valence-electron chi connectivity index (χ4n) is 3.60. The number of pyridine rings is 1. The average Bonchev–Trinajstić information content (AvgIpc) is 3.46. The average molecular weight is 373 g/mol. The van der Waals surface area contributed by atoms with Crippen LogP contribution in [0.2, 0.25) is 0 Å². The van der Waals surface area contributed by atoms with Crippen LogP contribution in [0.25, 0.3) is 10.9 Å². The second-order valence-electron chi connectivity index (χ2n) is 7.32. The van der Waals surface area contributed by atoms with E-state index >= 15 is 0 Å².